The molecule has 2 saturated heterocycles. The van der Waals surface area contributed by atoms with Crippen molar-refractivity contribution in [2.24, 2.45) is 17.8 Å². The minimum absolute atomic E-state index is 0.175. The van der Waals surface area contributed by atoms with E-state index >= 15 is 0 Å². The van der Waals surface area contributed by atoms with Crippen LogP contribution in [-0.2, 0) is 14.9 Å². The first kappa shape index (κ1) is 23.2. The van der Waals surface area contributed by atoms with Crippen LogP contribution < -0.4 is 25.8 Å². The Kier molecular flexibility index (Phi) is 5.71. The van der Waals surface area contributed by atoms with E-state index in [1.807, 2.05) is 18.3 Å². The molecule has 1 amide bonds. The van der Waals surface area contributed by atoms with E-state index in [2.05, 4.69) is 56.4 Å². The van der Waals surface area contributed by atoms with Gasteiger partial charge in [0.15, 0.2) is 0 Å². The second-order valence-corrected chi connectivity index (χ2v) is 11.2. The number of hydrazine groups is 1. The number of aromatic nitrogens is 1. The molecule has 2 aromatic rings. The van der Waals surface area contributed by atoms with E-state index in [1.54, 1.807) is 7.11 Å². The summed E-state index contributed by atoms with van der Waals surface area (Å²) in [5, 5.41) is 3.13. The van der Waals surface area contributed by atoms with Crippen molar-refractivity contribution < 1.29 is 14.3 Å². The number of carbonyl (C=O) groups is 1. The van der Waals surface area contributed by atoms with Crippen molar-refractivity contribution in [2.75, 3.05) is 43.6 Å². The Hall–Kier alpha value is -2.94. The van der Waals surface area contributed by atoms with Gasteiger partial charge in [-0.2, -0.15) is 0 Å². The van der Waals surface area contributed by atoms with Crippen molar-refractivity contribution in [3.63, 3.8) is 0 Å². The Morgan fingerprint density at radius 1 is 1.16 bits per heavy atom. The molecule has 2 aliphatic carbocycles. The van der Waals surface area contributed by atoms with Crippen molar-refractivity contribution in [2.45, 2.75) is 43.2 Å². The van der Waals surface area contributed by atoms with Crippen LogP contribution >= 0.6 is 0 Å². The Bertz CT molecular complexity index is 1210. The van der Waals surface area contributed by atoms with Crippen LogP contribution in [0.3, 0.4) is 0 Å². The maximum Gasteiger partial charge on any atom is 0.235 e. The molecule has 3 aliphatic heterocycles. The third-order valence-electron chi connectivity index (χ3n) is 9.39. The first-order valence-corrected chi connectivity index (χ1v) is 13.6. The van der Waals surface area contributed by atoms with E-state index in [0.29, 0.717) is 29.8 Å². The molecule has 7 rings (SSSR count). The van der Waals surface area contributed by atoms with Gasteiger partial charge in [-0.15, -0.1) is 0 Å². The van der Waals surface area contributed by atoms with Crippen LogP contribution in [0.2, 0.25) is 0 Å². The van der Waals surface area contributed by atoms with Crippen molar-refractivity contribution in [1.29, 1.82) is 0 Å². The molecular weight excluding hydrogens is 466 g/mol. The van der Waals surface area contributed by atoms with E-state index in [-0.39, 0.29) is 11.3 Å². The number of methoxy groups -OCH3 is 1. The lowest BCUT2D eigenvalue weighted by molar-refractivity contribution is -0.118. The Balaban J connectivity index is 0.988. The third kappa shape index (κ3) is 3.93. The molecule has 0 radical (unpaired) electrons. The molecule has 1 spiro atoms. The van der Waals surface area contributed by atoms with Crippen molar-refractivity contribution in [1.82, 2.24) is 15.8 Å². The van der Waals surface area contributed by atoms with Gasteiger partial charge in [-0.05, 0) is 84.9 Å². The highest BCUT2D eigenvalue weighted by Gasteiger charge is 2.67. The number of anilines is 2. The van der Waals surface area contributed by atoms with E-state index in [1.165, 1.54) is 6.42 Å². The summed E-state index contributed by atoms with van der Waals surface area (Å²) in [4.78, 5) is 20.0. The molecule has 194 valence electrons. The second kappa shape index (κ2) is 9.11. The lowest BCUT2D eigenvalue weighted by Crippen LogP contribution is -2.37. The number of nitrogens with one attached hydrogen (secondary N) is 3. The predicted octanol–water partition coefficient (Wildman–Crippen LogP) is 3.11. The van der Waals surface area contributed by atoms with Crippen molar-refractivity contribution >= 4 is 23.5 Å². The van der Waals surface area contributed by atoms with Crippen LogP contribution in [0, 0.1) is 17.8 Å². The number of ether oxygens (including phenoxy) is 2. The molecule has 2 saturated carbocycles. The first-order chi connectivity index (χ1) is 18.2. The number of morpholine rings is 1. The fourth-order valence-corrected chi connectivity index (χ4v) is 7.29. The quantitative estimate of drug-likeness (QED) is 0.580. The van der Waals surface area contributed by atoms with Gasteiger partial charge >= 0.3 is 0 Å². The smallest absolute Gasteiger partial charge is 0.235 e. The van der Waals surface area contributed by atoms with Gasteiger partial charge in [-0.3, -0.25) is 15.6 Å². The zero-order chi connectivity index (χ0) is 25.0. The molecule has 3 N–H and O–H groups in total. The molecule has 5 aliphatic rings. The van der Waals surface area contributed by atoms with Gasteiger partial charge in [0.25, 0.3) is 0 Å². The Morgan fingerprint density at radius 3 is 2.86 bits per heavy atom. The second-order valence-electron chi connectivity index (χ2n) is 11.2. The van der Waals surface area contributed by atoms with Crippen LogP contribution in [0.5, 0.6) is 5.75 Å². The van der Waals surface area contributed by atoms with Gasteiger partial charge in [0.2, 0.25) is 5.91 Å². The largest absolute Gasteiger partial charge is 0.497 e. The van der Waals surface area contributed by atoms with E-state index in [4.69, 9.17) is 9.47 Å². The van der Waals surface area contributed by atoms with Crippen LogP contribution in [0.25, 0.3) is 6.08 Å². The number of pyridine rings is 1. The highest BCUT2D eigenvalue weighted by Crippen LogP contribution is 2.65. The fraction of sp³-hybridized carbons (Fsp3) is 0.517. The van der Waals surface area contributed by atoms with Crippen LogP contribution in [0.4, 0.5) is 11.5 Å². The Labute approximate surface area is 217 Å². The molecule has 8 nitrogen and oxygen atoms in total. The van der Waals surface area contributed by atoms with Crippen LogP contribution in [0.1, 0.15) is 36.8 Å². The summed E-state index contributed by atoms with van der Waals surface area (Å²) in [6.45, 7) is 3.34. The number of hydrogen-bond donors (Lipinski definition) is 3. The maximum absolute atomic E-state index is 13.1. The summed E-state index contributed by atoms with van der Waals surface area (Å²) < 4.78 is 10.9. The highest BCUT2D eigenvalue weighted by atomic mass is 16.5. The number of fused-ring (bicyclic) bond motifs is 3. The number of carbonyl (C=O) groups excluding carboxylic acids is 1. The summed E-state index contributed by atoms with van der Waals surface area (Å²) in [7, 11) is 1.69. The fourth-order valence-electron chi connectivity index (χ4n) is 7.29. The van der Waals surface area contributed by atoms with Gasteiger partial charge in [-0.1, -0.05) is 12.2 Å². The number of benzene rings is 1. The normalized spacial score (nSPS) is 34.5. The average Bonchev–Trinajstić information content (AvgIpc) is 3.49. The molecule has 0 bridgehead atoms. The summed E-state index contributed by atoms with van der Waals surface area (Å²) >= 11 is 0. The molecule has 6 atom stereocenters. The average molecular weight is 502 g/mol. The minimum atomic E-state index is -0.354. The van der Waals surface area contributed by atoms with Gasteiger partial charge in [0, 0.05) is 37.1 Å². The molecule has 1 aromatic heterocycles. The molecule has 4 heterocycles. The molecule has 8 heteroatoms. The van der Waals surface area contributed by atoms with Crippen LogP contribution in [0.15, 0.2) is 42.6 Å². The first-order valence-electron chi connectivity index (χ1n) is 13.6. The SMILES string of the molecule is COc1ccc2c(c1)[C@]1(CC1C1CCC3C(/C=C/c4ccc(N5CCOCC5)nc4)NNC3C1)C(=O)N2. The van der Waals surface area contributed by atoms with E-state index in [0.717, 1.165) is 73.9 Å². The van der Waals surface area contributed by atoms with Gasteiger partial charge < -0.3 is 19.7 Å². The highest BCUT2D eigenvalue weighted by molar-refractivity contribution is 6.09. The summed E-state index contributed by atoms with van der Waals surface area (Å²) in [5.74, 6) is 3.55. The topological polar surface area (TPSA) is 87.8 Å². The van der Waals surface area contributed by atoms with Crippen LogP contribution in [-0.4, -0.2) is 56.4 Å². The zero-order valence-corrected chi connectivity index (χ0v) is 21.3. The standard InChI is InChI=1S/C29H35N5O3/c1-36-20-5-8-25-22(15-20)29(28(35)31-25)16-23(29)19-4-6-21-24(32-33-26(21)14-19)7-2-18-3-9-27(30-17-18)34-10-12-37-13-11-34/h2-3,5,7-9,15,17,19,21,23-24,26,32-33H,4,6,10-14,16H2,1H3,(H,31,35)/b7-2+/t19?,21?,23?,24?,26?,29-/m0/s1. The van der Waals surface area contributed by atoms with Gasteiger partial charge in [-0.25, -0.2) is 4.98 Å². The molecule has 1 aromatic carbocycles. The van der Waals surface area contributed by atoms with E-state index in [9.17, 15) is 4.79 Å². The number of hydrogen-bond acceptors (Lipinski definition) is 7. The lowest BCUT2D eigenvalue weighted by atomic mass is 9.73. The monoisotopic (exact) mass is 501 g/mol. The van der Waals surface area contributed by atoms with Gasteiger partial charge in [0.05, 0.1) is 25.7 Å². The number of rotatable bonds is 5. The summed E-state index contributed by atoms with van der Waals surface area (Å²) in [6.07, 6.45) is 10.8. The number of nitrogens with zero attached hydrogens (tertiary/aromatic N) is 2. The van der Waals surface area contributed by atoms with Gasteiger partial charge in [0.1, 0.15) is 11.6 Å². The third-order valence-corrected chi connectivity index (χ3v) is 9.39. The molecule has 5 unspecified atom stereocenters. The number of amides is 1. The Morgan fingerprint density at radius 2 is 2.05 bits per heavy atom. The maximum atomic E-state index is 13.1. The molecular formula is C29H35N5O3. The van der Waals surface area contributed by atoms with Crippen molar-refractivity contribution in [3.8, 4) is 5.75 Å². The summed E-state index contributed by atoms with van der Waals surface area (Å²) in [6, 6.07) is 11.0. The molecule has 4 fully saturated rings. The minimum Gasteiger partial charge on any atom is -0.497 e. The molecule has 37 heavy (non-hydrogen) atoms. The van der Waals surface area contributed by atoms with Crippen molar-refractivity contribution in [3.05, 3.63) is 53.7 Å². The zero-order valence-electron chi connectivity index (χ0n) is 21.3. The predicted molar refractivity (Wildman–Crippen MR) is 142 cm³/mol. The summed E-state index contributed by atoms with van der Waals surface area (Å²) in [5.41, 5.74) is 9.98. The lowest BCUT2D eigenvalue weighted by Gasteiger charge is -2.33. The van der Waals surface area contributed by atoms with E-state index < -0.39 is 0 Å².